The highest BCUT2D eigenvalue weighted by atomic mass is 32.2. The topological polar surface area (TPSA) is 224 Å². The van der Waals surface area contributed by atoms with Gasteiger partial charge in [-0.2, -0.15) is 4.31 Å². The lowest BCUT2D eigenvalue weighted by molar-refractivity contribution is 0.0730. The normalized spacial score (nSPS) is 13.3. The molecule has 1 amide bonds. The van der Waals surface area contributed by atoms with E-state index in [1.807, 2.05) is 0 Å². The van der Waals surface area contributed by atoms with Gasteiger partial charge >= 0.3 is 11.1 Å². The first-order valence-electron chi connectivity index (χ1n) is 17.0. The number of nitrogens with zero attached hydrogens (tertiary/aromatic N) is 7. The lowest BCUT2D eigenvalue weighted by atomic mass is 10.1. The Kier molecular flexibility index (Phi) is 10.8. The molecule has 0 saturated carbocycles. The first-order valence-corrected chi connectivity index (χ1v) is 18.5. The van der Waals surface area contributed by atoms with E-state index in [0.717, 1.165) is 16.2 Å². The fraction of sp³-hybridized carbons (Fsp3) is 0.162. The van der Waals surface area contributed by atoms with Crippen LogP contribution in [0.25, 0.3) is 22.9 Å². The van der Waals surface area contributed by atoms with Crippen LogP contribution < -0.4 is 16.4 Å². The molecule has 20 heteroatoms. The van der Waals surface area contributed by atoms with Crippen LogP contribution in [0.2, 0.25) is 0 Å². The van der Waals surface area contributed by atoms with E-state index in [1.165, 1.54) is 63.4 Å². The smallest absolute Gasteiger partial charge is 0.300 e. The highest BCUT2D eigenvalue weighted by molar-refractivity contribution is 7.89. The molecule has 1 aliphatic rings. The number of aromatic nitrogens is 6. The average molecular weight is 801 g/mol. The van der Waals surface area contributed by atoms with Crippen molar-refractivity contribution in [3.8, 4) is 23.1 Å². The lowest BCUT2D eigenvalue weighted by Crippen LogP contribution is -2.40. The number of hydrogen-bond donors (Lipinski definition) is 3. The molecule has 1 fully saturated rings. The van der Waals surface area contributed by atoms with Gasteiger partial charge in [0.15, 0.2) is 11.4 Å². The summed E-state index contributed by atoms with van der Waals surface area (Å²) in [6, 6.07) is 18.9. The van der Waals surface area contributed by atoms with Gasteiger partial charge in [-0.25, -0.2) is 27.2 Å². The fourth-order valence-corrected chi connectivity index (χ4v) is 7.06. The number of pyridine rings is 2. The minimum atomic E-state index is -3.87. The molecule has 0 spiro atoms. The summed E-state index contributed by atoms with van der Waals surface area (Å²) in [7, 11) is -3.87. The molecule has 0 bridgehead atoms. The summed E-state index contributed by atoms with van der Waals surface area (Å²) >= 11 is 0. The number of sulfonamides is 1. The predicted octanol–water partition coefficient (Wildman–Crippen LogP) is 2.67. The van der Waals surface area contributed by atoms with E-state index in [1.54, 1.807) is 30.3 Å². The number of benzene rings is 2. The maximum Gasteiger partial charge on any atom is 0.300 e. The number of carbonyl (C=O) groups excluding carboxylic acids is 1. The van der Waals surface area contributed by atoms with E-state index in [2.05, 4.69) is 25.5 Å². The van der Waals surface area contributed by atoms with Gasteiger partial charge in [0, 0.05) is 32.0 Å². The van der Waals surface area contributed by atoms with Crippen LogP contribution in [0.3, 0.4) is 0 Å². The Morgan fingerprint density at radius 3 is 2.14 bits per heavy atom. The van der Waals surface area contributed by atoms with E-state index < -0.39 is 50.1 Å². The second kappa shape index (κ2) is 16.1. The zero-order chi connectivity index (χ0) is 40.3. The van der Waals surface area contributed by atoms with E-state index in [0.29, 0.717) is 17.6 Å². The molecule has 2 aromatic carbocycles. The number of hydrogen-bond acceptors (Lipinski definition) is 13. The van der Waals surface area contributed by atoms with Crippen molar-refractivity contribution in [3.05, 3.63) is 146 Å². The average Bonchev–Trinajstić information content (AvgIpc) is 3.69. The van der Waals surface area contributed by atoms with Crippen LogP contribution in [0.4, 0.5) is 8.78 Å². The molecule has 0 atom stereocenters. The van der Waals surface area contributed by atoms with Crippen molar-refractivity contribution in [2.45, 2.75) is 17.9 Å². The van der Waals surface area contributed by atoms with Crippen molar-refractivity contribution >= 4 is 27.2 Å². The van der Waals surface area contributed by atoms with Gasteiger partial charge in [-0.1, -0.05) is 30.3 Å². The molecule has 1 saturated heterocycles. The number of aromatic hydroxyl groups is 2. The predicted molar refractivity (Wildman–Crippen MR) is 196 cm³/mol. The molecule has 292 valence electrons. The quantitative estimate of drug-likeness (QED) is 0.201. The Labute approximate surface area is 320 Å². The minimum Gasteiger partial charge on any atom is -0.501 e. The van der Waals surface area contributed by atoms with E-state index in [9.17, 15) is 41.8 Å². The number of morpholine rings is 1. The van der Waals surface area contributed by atoms with Gasteiger partial charge in [0.05, 0.1) is 24.5 Å². The van der Waals surface area contributed by atoms with E-state index in [-0.39, 0.29) is 66.7 Å². The number of halogens is 2. The van der Waals surface area contributed by atoms with Crippen LogP contribution in [0.5, 0.6) is 11.5 Å². The molecule has 5 aromatic heterocycles. The third kappa shape index (κ3) is 8.22. The van der Waals surface area contributed by atoms with Crippen molar-refractivity contribution in [2.75, 3.05) is 26.3 Å². The molecule has 57 heavy (non-hydrogen) atoms. The second-order valence-corrected chi connectivity index (χ2v) is 14.3. The van der Waals surface area contributed by atoms with Crippen LogP contribution in [0, 0.1) is 11.6 Å². The van der Waals surface area contributed by atoms with Gasteiger partial charge in [-0.05, 0) is 59.7 Å². The summed E-state index contributed by atoms with van der Waals surface area (Å²) in [4.78, 5) is 45.4. The number of carbonyl (C=O) groups is 1. The summed E-state index contributed by atoms with van der Waals surface area (Å²) in [5, 5.41) is 30.6. The monoisotopic (exact) mass is 800 g/mol. The molecule has 0 unspecified atom stereocenters. The van der Waals surface area contributed by atoms with Crippen LogP contribution in [-0.2, 0) is 27.7 Å². The summed E-state index contributed by atoms with van der Waals surface area (Å²) < 4.78 is 65.6. The van der Waals surface area contributed by atoms with Crippen molar-refractivity contribution in [1.82, 2.24) is 38.6 Å². The molecule has 0 radical (unpaired) electrons. The van der Waals surface area contributed by atoms with Gasteiger partial charge < -0.3 is 24.7 Å². The van der Waals surface area contributed by atoms with Gasteiger partial charge in [-0.3, -0.25) is 23.2 Å². The van der Waals surface area contributed by atoms with Gasteiger partial charge in [-0.15, -0.1) is 10.2 Å². The van der Waals surface area contributed by atoms with Gasteiger partial charge in [0.25, 0.3) is 11.8 Å². The highest BCUT2D eigenvalue weighted by Crippen LogP contribution is 2.24. The maximum absolute atomic E-state index is 13.0. The van der Waals surface area contributed by atoms with E-state index >= 15 is 0 Å². The Bertz CT molecular complexity index is 2840. The first kappa shape index (κ1) is 38.4. The lowest BCUT2D eigenvalue weighted by Gasteiger charge is -2.26. The first-order chi connectivity index (χ1) is 27.4. The van der Waals surface area contributed by atoms with Crippen LogP contribution in [-0.4, -0.2) is 84.1 Å². The SMILES string of the molecule is O=C(NCc1ccc(F)cc1)c1nc2ccc(S(=O)(=O)N3CCOCC3)cn2c(=O)c1O.O=c1c(O)c(-c2nnc(Cc3ccc(F)cc3)o2)nc2ccccn12. The molecule has 17 nitrogen and oxygen atoms in total. The summed E-state index contributed by atoms with van der Waals surface area (Å²) in [5.74, 6) is -2.84. The van der Waals surface area contributed by atoms with Crippen molar-refractivity contribution in [2.24, 2.45) is 0 Å². The molecule has 1 aliphatic heterocycles. The molecular formula is C37H30F2N8O9S. The molecule has 6 heterocycles. The van der Waals surface area contributed by atoms with Crippen molar-refractivity contribution < 1.29 is 41.4 Å². The zero-order valence-electron chi connectivity index (χ0n) is 29.4. The molecule has 8 rings (SSSR count). The third-order valence-electron chi connectivity index (χ3n) is 8.61. The Morgan fingerprint density at radius 1 is 0.789 bits per heavy atom. The molecular weight excluding hydrogens is 771 g/mol. The molecule has 3 N–H and O–H groups in total. The summed E-state index contributed by atoms with van der Waals surface area (Å²) in [6.07, 6.45) is 2.86. The van der Waals surface area contributed by atoms with E-state index in [4.69, 9.17) is 9.15 Å². The van der Waals surface area contributed by atoms with Crippen LogP contribution in [0.15, 0.2) is 110 Å². The highest BCUT2D eigenvalue weighted by Gasteiger charge is 2.28. The Morgan fingerprint density at radius 2 is 1.44 bits per heavy atom. The fourth-order valence-electron chi connectivity index (χ4n) is 5.65. The third-order valence-corrected chi connectivity index (χ3v) is 10.5. The standard InChI is InChI=1S/C20H19FN4O6S.C17H11FN4O3/c21-14-3-1-13(2-4-14)11-22-19(27)17-18(26)20(28)25-12-15(5-6-16(25)23-17)32(29,30)24-7-9-31-10-8-24;18-11-6-4-10(5-7-11)9-13-20-21-16(25-13)14-15(23)17(24)22-8-2-1-3-12(22)19-14/h1-6,12,26H,7-11H2,(H,22,27);1-8,23H,9H2. The van der Waals surface area contributed by atoms with Crippen molar-refractivity contribution in [3.63, 3.8) is 0 Å². The Hall–Kier alpha value is -6.90. The molecule has 0 aliphatic carbocycles. The molecule has 7 aromatic rings. The maximum atomic E-state index is 13.0. The number of amides is 1. The number of rotatable bonds is 8. The van der Waals surface area contributed by atoms with Crippen LogP contribution in [0.1, 0.15) is 27.5 Å². The number of fused-ring (bicyclic) bond motifs is 2. The number of ether oxygens (including phenoxy) is 1. The number of nitrogens with one attached hydrogen (secondary N) is 1. The zero-order valence-corrected chi connectivity index (χ0v) is 30.3. The second-order valence-electron chi connectivity index (χ2n) is 12.4. The largest absolute Gasteiger partial charge is 0.501 e. The van der Waals surface area contributed by atoms with Gasteiger partial charge in [0.1, 0.15) is 22.9 Å². The Balaban J connectivity index is 0.000000179. The minimum absolute atomic E-state index is 0.0133. The van der Waals surface area contributed by atoms with Crippen molar-refractivity contribution in [1.29, 1.82) is 0 Å². The van der Waals surface area contributed by atoms with Gasteiger partial charge in [0.2, 0.25) is 27.4 Å². The van der Waals surface area contributed by atoms with Crippen LogP contribution >= 0.6 is 0 Å². The summed E-state index contributed by atoms with van der Waals surface area (Å²) in [6.45, 7) is 0.936. The summed E-state index contributed by atoms with van der Waals surface area (Å²) in [5.41, 5.74) is -0.462.